The van der Waals surface area contributed by atoms with Gasteiger partial charge in [-0.05, 0) is 82.2 Å². The monoisotopic (exact) mass is 329 g/mol. The van der Waals surface area contributed by atoms with E-state index in [9.17, 15) is 5.11 Å². The molecule has 2 nitrogen and oxygen atoms in total. The summed E-state index contributed by atoms with van der Waals surface area (Å²) in [7, 11) is 0. The number of benzene rings is 1. The van der Waals surface area contributed by atoms with Crippen molar-refractivity contribution in [1.29, 1.82) is 0 Å². The lowest BCUT2D eigenvalue weighted by atomic mass is 9.56. The predicted octanol–water partition coefficient (Wildman–Crippen LogP) is 5.41. The number of piperidine rings is 1. The van der Waals surface area contributed by atoms with Crippen LogP contribution in [0.5, 0.6) is 5.75 Å². The Morgan fingerprint density at radius 3 is 2.83 bits per heavy atom. The lowest BCUT2D eigenvalue weighted by Gasteiger charge is -2.56. The Kier molecular flexibility index (Phi) is 5.24. The second-order valence-corrected chi connectivity index (χ2v) is 8.37. The molecular formula is C22H35NO. The zero-order chi connectivity index (χ0) is 17.3. The van der Waals surface area contributed by atoms with Crippen LogP contribution in [-0.2, 0) is 5.41 Å². The Hall–Kier alpha value is -1.02. The third kappa shape index (κ3) is 2.98. The van der Waals surface area contributed by atoms with Gasteiger partial charge in [-0.15, -0.1) is 0 Å². The van der Waals surface area contributed by atoms with Gasteiger partial charge in [0, 0.05) is 17.5 Å². The molecule has 0 spiro atoms. The Balaban J connectivity index is 1.96. The van der Waals surface area contributed by atoms with Crippen molar-refractivity contribution < 1.29 is 5.11 Å². The third-order valence-electron chi connectivity index (χ3n) is 7.05. The van der Waals surface area contributed by atoms with Crippen LogP contribution in [0.3, 0.4) is 0 Å². The van der Waals surface area contributed by atoms with Gasteiger partial charge in [0.25, 0.3) is 0 Å². The summed E-state index contributed by atoms with van der Waals surface area (Å²) in [4.78, 5) is 2.77. The first-order valence-electron chi connectivity index (χ1n) is 10.1. The van der Waals surface area contributed by atoms with Crippen molar-refractivity contribution in [3.63, 3.8) is 0 Å². The van der Waals surface area contributed by atoms with E-state index in [4.69, 9.17) is 0 Å². The predicted molar refractivity (Wildman–Crippen MR) is 102 cm³/mol. The van der Waals surface area contributed by atoms with Crippen LogP contribution in [-0.4, -0.2) is 28.6 Å². The molecular weight excluding hydrogens is 294 g/mol. The number of rotatable bonds is 4. The maximum Gasteiger partial charge on any atom is 0.115 e. The van der Waals surface area contributed by atoms with Gasteiger partial charge < -0.3 is 5.11 Å². The zero-order valence-electron chi connectivity index (χ0n) is 16.0. The van der Waals surface area contributed by atoms with E-state index in [1.807, 2.05) is 6.07 Å². The van der Waals surface area contributed by atoms with Crippen LogP contribution in [0.15, 0.2) is 18.2 Å². The molecule has 2 aliphatic rings. The van der Waals surface area contributed by atoms with Crippen molar-refractivity contribution in [2.45, 2.75) is 90.1 Å². The third-order valence-corrected chi connectivity index (χ3v) is 7.05. The number of nitrogens with zero attached hydrogens (tertiary/aromatic N) is 1. The first-order valence-corrected chi connectivity index (χ1v) is 10.1. The lowest BCUT2D eigenvalue weighted by molar-refractivity contribution is -0.0140. The average molecular weight is 330 g/mol. The number of aromatic hydroxyl groups is 1. The molecule has 0 amide bonds. The number of aryl methyl sites for hydroxylation is 1. The number of hydrogen-bond acceptors (Lipinski definition) is 2. The summed E-state index contributed by atoms with van der Waals surface area (Å²) in [6.45, 7) is 10.6. The van der Waals surface area contributed by atoms with Crippen LogP contribution in [0.1, 0.15) is 76.8 Å². The normalized spacial score (nSPS) is 32.3. The molecule has 2 heteroatoms. The van der Waals surface area contributed by atoms with Gasteiger partial charge in [0.1, 0.15) is 5.75 Å². The van der Waals surface area contributed by atoms with Crippen molar-refractivity contribution >= 4 is 0 Å². The topological polar surface area (TPSA) is 23.5 Å². The highest BCUT2D eigenvalue weighted by atomic mass is 16.3. The van der Waals surface area contributed by atoms with Gasteiger partial charge in [0.05, 0.1) is 0 Å². The van der Waals surface area contributed by atoms with E-state index < -0.39 is 0 Å². The van der Waals surface area contributed by atoms with Gasteiger partial charge >= 0.3 is 0 Å². The number of likely N-dealkylation sites (tertiary alicyclic amines) is 1. The zero-order valence-corrected chi connectivity index (χ0v) is 16.0. The fourth-order valence-corrected chi connectivity index (χ4v) is 5.86. The van der Waals surface area contributed by atoms with Gasteiger partial charge in [-0.2, -0.15) is 0 Å². The van der Waals surface area contributed by atoms with Gasteiger partial charge in [-0.1, -0.05) is 32.3 Å². The van der Waals surface area contributed by atoms with Crippen molar-refractivity contribution in [3.8, 4) is 5.75 Å². The van der Waals surface area contributed by atoms with Crippen LogP contribution < -0.4 is 0 Å². The first kappa shape index (κ1) is 17.8. The minimum atomic E-state index is 0.281. The van der Waals surface area contributed by atoms with Crippen molar-refractivity contribution in [3.05, 3.63) is 29.3 Å². The number of phenols is 1. The molecule has 1 aliphatic heterocycles. The van der Waals surface area contributed by atoms with E-state index in [1.54, 1.807) is 0 Å². The highest BCUT2D eigenvalue weighted by Crippen LogP contribution is 2.53. The minimum absolute atomic E-state index is 0.281. The summed E-state index contributed by atoms with van der Waals surface area (Å²) in [5.41, 5.74) is 3.08. The van der Waals surface area contributed by atoms with E-state index in [-0.39, 0.29) is 5.41 Å². The molecule has 0 radical (unpaired) electrons. The molecule has 24 heavy (non-hydrogen) atoms. The van der Waals surface area contributed by atoms with Crippen LogP contribution in [0, 0.1) is 12.8 Å². The van der Waals surface area contributed by atoms with E-state index >= 15 is 0 Å². The molecule has 0 unspecified atom stereocenters. The standard InChI is InChI=1S/C22H35NO/c1-5-8-17(3)23-14-13-22(12-7-6-9-20(22)18(23)4)21-15-19(24)11-10-16(21)2/h10-11,15,17-18,20,24H,5-9,12-14H2,1-4H3/t17-,18+,20-,22+/m0/s1. The second-order valence-electron chi connectivity index (χ2n) is 8.37. The number of hydrogen-bond donors (Lipinski definition) is 1. The Labute approximate surface area is 148 Å². The fourth-order valence-electron chi connectivity index (χ4n) is 5.86. The molecule has 1 saturated heterocycles. The van der Waals surface area contributed by atoms with Crippen molar-refractivity contribution in [1.82, 2.24) is 4.90 Å². The second kappa shape index (κ2) is 7.07. The van der Waals surface area contributed by atoms with E-state index in [0.29, 0.717) is 17.8 Å². The summed E-state index contributed by atoms with van der Waals surface area (Å²) < 4.78 is 0. The smallest absolute Gasteiger partial charge is 0.115 e. The number of fused-ring (bicyclic) bond motifs is 1. The van der Waals surface area contributed by atoms with Crippen molar-refractivity contribution in [2.24, 2.45) is 5.92 Å². The van der Waals surface area contributed by atoms with Crippen molar-refractivity contribution in [2.75, 3.05) is 6.54 Å². The van der Waals surface area contributed by atoms with Crippen LogP contribution in [0.25, 0.3) is 0 Å². The minimum Gasteiger partial charge on any atom is -0.508 e. The molecule has 1 saturated carbocycles. The molecule has 1 N–H and O–H groups in total. The summed E-state index contributed by atoms with van der Waals surface area (Å²) in [6.07, 6.45) is 9.16. The highest BCUT2D eigenvalue weighted by molar-refractivity contribution is 5.41. The lowest BCUT2D eigenvalue weighted by Crippen LogP contribution is -2.58. The molecule has 1 aromatic rings. The molecule has 4 atom stereocenters. The molecule has 0 bridgehead atoms. The van der Waals surface area contributed by atoms with Crippen LogP contribution in [0.4, 0.5) is 0 Å². The molecule has 1 heterocycles. The fraction of sp³-hybridized carbons (Fsp3) is 0.727. The van der Waals surface area contributed by atoms with Gasteiger partial charge in [0.2, 0.25) is 0 Å². The highest BCUT2D eigenvalue weighted by Gasteiger charge is 2.49. The van der Waals surface area contributed by atoms with E-state index in [1.165, 1.54) is 62.6 Å². The van der Waals surface area contributed by atoms with Gasteiger partial charge in [0.15, 0.2) is 0 Å². The van der Waals surface area contributed by atoms with Crippen LogP contribution >= 0.6 is 0 Å². The van der Waals surface area contributed by atoms with Crippen LogP contribution in [0.2, 0.25) is 0 Å². The average Bonchev–Trinajstić information content (AvgIpc) is 2.57. The molecule has 1 aliphatic carbocycles. The molecule has 3 rings (SSSR count). The Bertz CT molecular complexity index is 569. The number of phenolic OH excluding ortho intramolecular Hbond substituents is 1. The summed E-state index contributed by atoms with van der Waals surface area (Å²) in [5, 5.41) is 10.1. The molecule has 134 valence electrons. The summed E-state index contributed by atoms with van der Waals surface area (Å²) >= 11 is 0. The Morgan fingerprint density at radius 1 is 1.29 bits per heavy atom. The summed E-state index contributed by atoms with van der Waals surface area (Å²) in [6, 6.07) is 7.36. The van der Waals surface area contributed by atoms with Gasteiger partial charge in [-0.25, -0.2) is 0 Å². The Morgan fingerprint density at radius 2 is 2.08 bits per heavy atom. The van der Waals surface area contributed by atoms with Gasteiger partial charge in [-0.3, -0.25) is 4.90 Å². The SMILES string of the molecule is CCC[C@H](C)N1CC[C@]2(c3cc(O)ccc3C)CCCC[C@H]2[C@H]1C. The molecule has 2 fully saturated rings. The summed E-state index contributed by atoms with van der Waals surface area (Å²) in [5.74, 6) is 1.16. The maximum atomic E-state index is 10.1. The molecule has 1 aromatic carbocycles. The first-order chi connectivity index (χ1) is 11.5. The van der Waals surface area contributed by atoms with E-state index in [0.717, 1.165) is 5.92 Å². The molecule has 0 aromatic heterocycles. The quantitative estimate of drug-likeness (QED) is 0.798. The maximum absolute atomic E-state index is 10.1. The largest absolute Gasteiger partial charge is 0.508 e. The van der Waals surface area contributed by atoms with E-state index in [2.05, 4.69) is 44.7 Å².